The minimum Gasteiger partial charge on any atom is -0.469 e. The average molecular weight is 200 g/mol. The van der Waals surface area contributed by atoms with Crippen molar-refractivity contribution in [3.8, 4) is 0 Å². The summed E-state index contributed by atoms with van der Waals surface area (Å²) in [6.45, 7) is 0. The summed E-state index contributed by atoms with van der Waals surface area (Å²) in [5, 5.41) is 7.07. The lowest BCUT2D eigenvalue weighted by molar-refractivity contribution is -0.140. The molecule has 0 radical (unpaired) electrons. The van der Waals surface area contributed by atoms with Crippen molar-refractivity contribution in [2.75, 3.05) is 12.9 Å². The molecule has 72 valence electrons. The summed E-state index contributed by atoms with van der Waals surface area (Å²) >= 11 is 3.81. The molecule has 1 aromatic heterocycles. The molecule has 0 bridgehead atoms. The van der Waals surface area contributed by atoms with E-state index < -0.39 is 0 Å². The molecule has 13 heavy (non-hydrogen) atoms. The van der Waals surface area contributed by atoms with Gasteiger partial charge in [-0.25, -0.2) is 0 Å². The summed E-state index contributed by atoms with van der Waals surface area (Å²) < 4.78 is 4.30. The molecule has 0 aliphatic heterocycles. The highest BCUT2D eigenvalue weighted by Gasteiger charge is 1.93. The van der Waals surface area contributed by atoms with Gasteiger partial charge in [-0.15, -0.1) is 0 Å². The summed E-state index contributed by atoms with van der Waals surface area (Å²) in [7, 11) is 1.37. The maximum absolute atomic E-state index is 10.1. The van der Waals surface area contributed by atoms with Gasteiger partial charge in [-0.2, -0.15) is 22.8 Å². The highest BCUT2D eigenvalue weighted by Crippen LogP contribution is 1.84. The largest absolute Gasteiger partial charge is 0.469 e. The number of esters is 1. The van der Waals surface area contributed by atoms with Crippen molar-refractivity contribution in [2.24, 2.45) is 0 Å². The molecule has 0 saturated heterocycles. The van der Waals surface area contributed by atoms with E-state index in [2.05, 4.69) is 27.6 Å². The van der Waals surface area contributed by atoms with Crippen molar-refractivity contribution in [1.82, 2.24) is 10.2 Å². The van der Waals surface area contributed by atoms with E-state index in [4.69, 9.17) is 0 Å². The Morgan fingerprint density at radius 1 is 1.38 bits per heavy atom. The molecule has 0 aliphatic rings. The van der Waals surface area contributed by atoms with Crippen LogP contribution in [0.5, 0.6) is 0 Å². The van der Waals surface area contributed by atoms with Crippen LogP contribution in [-0.4, -0.2) is 29.0 Å². The van der Waals surface area contributed by atoms with Crippen molar-refractivity contribution < 1.29 is 9.53 Å². The number of carbonyl (C=O) groups is 1. The maximum atomic E-state index is 10.1. The van der Waals surface area contributed by atoms with Gasteiger partial charge < -0.3 is 4.74 Å². The van der Waals surface area contributed by atoms with Crippen molar-refractivity contribution in [3.05, 3.63) is 24.5 Å². The lowest BCUT2D eigenvalue weighted by Gasteiger charge is -1.90. The minimum absolute atomic E-state index is 0.199. The molecule has 0 fully saturated rings. The number of aromatic nitrogens is 2. The molecular weight excluding hydrogens is 188 g/mol. The Kier molecular flexibility index (Phi) is 8.23. The molecule has 0 atom stereocenters. The monoisotopic (exact) mass is 200 g/mol. The fourth-order valence-electron chi connectivity index (χ4n) is 0.447. The molecule has 0 aliphatic carbocycles. The smallest absolute Gasteiger partial charge is 0.306 e. The zero-order valence-electron chi connectivity index (χ0n) is 7.38. The van der Waals surface area contributed by atoms with Crippen molar-refractivity contribution in [2.45, 2.75) is 6.42 Å². The van der Waals surface area contributed by atoms with Crippen LogP contribution in [-0.2, 0) is 9.53 Å². The van der Waals surface area contributed by atoms with E-state index in [0.717, 1.165) is 0 Å². The van der Waals surface area contributed by atoms with Gasteiger partial charge in [0.05, 0.1) is 13.5 Å². The molecule has 0 saturated carbocycles. The Hall–Kier alpha value is -1.10. The topological polar surface area (TPSA) is 52.1 Å². The average Bonchev–Trinajstić information content (AvgIpc) is 2.22. The molecule has 0 N–H and O–H groups in total. The van der Waals surface area contributed by atoms with Crippen LogP contribution in [0.3, 0.4) is 0 Å². The Morgan fingerprint density at radius 2 is 1.92 bits per heavy atom. The van der Waals surface area contributed by atoms with Gasteiger partial charge in [-0.3, -0.25) is 4.79 Å². The Morgan fingerprint density at radius 3 is 2.08 bits per heavy atom. The van der Waals surface area contributed by atoms with E-state index in [1.807, 2.05) is 12.1 Å². The summed E-state index contributed by atoms with van der Waals surface area (Å²) in [4.78, 5) is 10.1. The quantitative estimate of drug-likeness (QED) is 0.570. The first-order valence-corrected chi connectivity index (χ1v) is 4.34. The number of hydrogen-bond acceptors (Lipinski definition) is 5. The standard InChI is InChI=1S/C4H4N2.C4H8O2S/c1-2-4-6-5-3-1;1-6-4(5)2-3-7/h1-4H;7H,2-3H2,1H3. The highest BCUT2D eigenvalue weighted by atomic mass is 32.1. The third-order valence-electron chi connectivity index (χ3n) is 1.03. The highest BCUT2D eigenvalue weighted by molar-refractivity contribution is 7.80. The van der Waals surface area contributed by atoms with Crippen LogP contribution in [0.2, 0.25) is 0 Å². The van der Waals surface area contributed by atoms with Gasteiger partial charge in [0.25, 0.3) is 0 Å². The van der Waals surface area contributed by atoms with E-state index in [-0.39, 0.29) is 5.97 Å². The van der Waals surface area contributed by atoms with E-state index in [1.54, 1.807) is 12.4 Å². The number of ether oxygens (including phenoxy) is 1. The number of nitrogens with zero attached hydrogens (tertiary/aromatic N) is 2. The van der Waals surface area contributed by atoms with Crippen molar-refractivity contribution >= 4 is 18.6 Å². The summed E-state index contributed by atoms with van der Waals surface area (Å²) in [5.41, 5.74) is 0. The number of carbonyl (C=O) groups excluding carboxylic acids is 1. The van der Waals surface area contributed by atoms with Crippen LogP contribution in [0.1, 0.15) is 6.42 Å². The second kappa shape index (κ2) is 8.99. The SMILES string of the molecule is COC(=O)CCS.c1ccnnc1. The number of thiol groups is 1. The first-order chi connectivity index (χ1) is 6.31. The van der Waals surface area contributed by atoms with Crippen molar-refractivity contribution in [1.29, 1.82) is 0 Å². The van der Waals surface area contributed by atoms with Gasteiger partial charge in [0.2, 0.25) is 0 Å². The van der Waals surface area contributed by atoms with Crippen molar-refractivity contribution in [3.63, 3.8) is 0 Å². The minimum atomic E-state index is -0.199. The van der Waals surface area contributed by atoms with Crippen LogP contribution in [0.25, 0.3) is 0 Å². The van der Waals surface area contributed by atoms with E-state index in [1.165, 1.54) is 7.11 Å². The Labute approximate surface area is 82.7 Å². The lowest BCUT2D eigenvalue weighted by Crippen LogP contribution is -1.99. The van der Waals surface area contributed by atoms with Gasteiger partial charge in [-0.1, -0.05) is 0 Å². The number of hydrogen-bond donors (Lipinski definition) is 1. The summed E-state index contributed by atoms with van der Waals surface area (Å²) in [6, 6.07) is 3.65. The first kappa shape index (κ1) is 11.9. The van der Waals surface area contributed by atoms with Crippen LogP contribution in [0.4, 0.5) is 0 Å². The number of methoxy groups -OCH3 is 1. The summed E-state index contributed by atoms with van der Waals surface area (Å²) in [5.74, 6) is 0.363. The predicted molar refractivity (Wildman–Crippen MR) is 52.5 cm³/mol. The third-order valence-corrected chi connectivity index (χ3v) is 1.25. The molecular formula is C8H12N2O2S. The molecule has 0 amide bonds. The molecule has 1 rings (SSSR count). The van der Waals surface area contributed by atoms with Gasteiger partial charge in [0.15, 0.2) is 0 Å². The molecule has 0 unspecified atom stereocenters. The van der Waals surface area contributed by atoms with Gasteiger partial charge in [-0.05, 0) is 12.1 Å². The third kappa shape index (κ3) is 8.81. The Balaban J connectivity index is 0.000000223. The van der Waals surface area contributed by atoms with Crippen LogP contribution >= 0.6 is 12.6 Å². The second-order valence-electron chi connectivity index (χ2n) is 1.96. The molecule has 1 aromatic rings. The fraction of sp³-hybridized carbons (Fsp3) is 0.375. The van der Waals surface area contributed by atoms with Gasteiger partial charge >= 0.3 is 5.97 Å². The zero-order chi connectivity index (χ0) is 9.94. The second-order valence-corrected chi connectivity index (χ2v) is 2.41. The van der Waals surface area contributed by atoms with E-state index in [9.17, 15) is 4.79 Å². The predicted octanol–water partition coefficient (Wildman–Crippen LogP) is 0.956. The first-order valence-electron chi connectivity index (χ1n) is 3.70. The summed E-state index contributed by atoms with van der Waals surface area (Å²) in [6.07, 6.45) is 3.68. The van der Waals surface area contributed by atoms with Gasteiger partial charge in [0, 0.05) is 18.1 Å². The molecule has 1 heterocycles. The Bertz CT molecular complexity index is 192. The maximum Gasteiger partial charge on any atom is 0.306 e. The van der Waals surface area contributed by atoms with E-state index >= 15 is 0 Å². The van der Waals surface area contributed by atoms with E-state index in [0.29, 0.717) is 12.2 Å². The molecule has 0 spiro atoms. The molecule has 4 nitrogen and oxygen atoms in total. The van der Waals surface area contributed by atoms with Crippen LogP contribution in [0, 0.1) is 0 Å². The normalized spacial score (nSPS) is 8.15. The van der Waals surface area contributed by atoms with Crippen LogP contribution in [0.15, 0.2) is 24.5 Å². The van der Waals surface area contributed by atoms with Gasteiger partial charge in [0.1, 0.15) is 0 Å². The molecule has 5 heteroatoms. The zero-order valence-corrected chi connectivity index (χ0v) is 8.28. The number of rotatable bonds is 2. The molecule has 0 aromatic carbocycles. The lowest BCUT2D eigenvalue weighted by atomic mass is 10.5. The fourth-order valence-corrected chi connectivity index (χ4v) is 0.629. The van der Waals surface area contributed by atoms with Crippen LogP contribution < -0.4 is 0 Å².